The molecule has 0 unspecified atom stereocenters. The molecule has 0 aliphatic heterocycles. The molecule has 4 rings (SSSR count). The van der Waals surface area contributed by atoms with Gasteiger partial charge in [0.1, 0.15) is 16.9 Å². The zero-order valence-corrected chi connectivity index (χ0v) is 26.2. The van der Waals surface area contributed by atoms with E-state index in [1.807, 2.05) is 57.2 Å². The molecule has 1 amide bonds. The Balaban J connectivity index is 1.47. The number of rotatable bonds is 10. The third kappa shape index (κ3) is 9.47. The second-order valence-corrected chi connectivity index (χ2v) is 12.5. The Kier molecular flexibility index (Phi) is 11.1. The van der Waals surface area contributed by atoms with Gasteiger partial charge < -0.3 is 24.2 Å². The number of nitrogens with zero attached hydrogens (tertiary/aromatic N) is 1. The molecule has 1 aliphatic rings. The van der Waals surface area contributed by atoms with Crippen LogP contribution in [0, 0.1) is 0 Å². The fourth-order valence-corrected chi connectivity index (χ4v) is 5.38. The first-order valence-electron chi connectivity index (χ1n) is 14.9. The van der Waals surface area contributed by atoms with Crippen molar-refractivity contribution in [2.24, 2.45) is 0 Å². The molecule has 1 aliphatic carbocycles. The van der Waals surface area contributed by atoms with Gasteiger partial charge in [-0.3, -0.25) is 0 Å². The number of ether oxygens (including phenoxy) is 3. The molecule has 7 nitrogen and oxygen atoms in total. The zero-order valence-electron chi connectivity index (χ0n) is 25.5. The number of esters is 1. The van der Waals surface area contributed by atoms with Crippen molar-refractivity contribution in [1.82, 2.24) is 4.90 Å². The summed E-state index contributed by atoms with van der Waals surface area (Å²) in [4.78, 5) is 27.0. The van der Waals surface area contributed by atoms with E-state index in [2.05, 4.69) is 0 Å². The van der Waals surface area contributed by atoms with E-state index in [-0.39, 0.29) is 12.6 Å². The lowest BCUT2D eigenvalue weighted by atomic mass is 9.97. The van der Waals surface area contributed by atoms with E-state index in [0.717, 1.165) is 42.4 Å². The van der Waals surface area contributed by atoms with Crippen LogP contribution in [0.1, 0.15) is 80.5 Å². The highest BCUT2D eigenvalue weighted by atomic mass is 35.5. The summed E-state index contributed by atoms with van der Waals surface area (Å²) in [6.07, 6.45) is 4.71. The first-order chi connectivity index (χ1) is 20.5. The number of carbonyl (C=O) groups is 2. The van der Waals surface area contributed by atoms with Gasteiger partial charge in [-0.2, -0.15) is 0 Å². The van der Waals surface area contributed by atoms with Crippen LogP contribution < -0.4 is 4.74 Å². The largest absolute Gasteiger partial charge is 0.490 e. The SMILES string of the molecule is COC(=O)c1ccc(-c2ccc(CCN(C[C@@H](O)c3cccc(Cl)c3)C(=O)OC(C)(C)C)cc2)cc1OC1CCCCC1. The van der Waals surface area contributed by atoms with E-state index in [0.29, 0.717) is 34.9 Å². The highest BCUT2D eigenvalue weighted by Crippen LogP contribution is 2.32. The molecule has 0 bridgehead atoms. The number of methoxy groups -OCH3 is 1. The maximum absolute atomic E-state index is 13.0. The average molecular weight is 608 g/mol. The van der Waals surface area contributed by atoms with Gasteiger partial charge in [0.2, 0.25) is 0 Å². The molecule has 1 N–H and O–H groups in total. The molecule has 230 valence electrons. The van der Waals surface area contributed by atoms with Gasteiger partial charge in [0, 0.05) is 11.6 Å². The minimum Gasteiger partial charge on any atom is -0.490 e. The van der Waals surface area contributed by atoms with Crippen LogP contribution in [-0.4, -0.2) is 54.0 Å². The van der Waals surface area contributed by atoms with Crippen molar-refractivity contribution in [3.05, 3.63) is 88.4 Å². The molecule has 0 heterocycles. The normalized spacial score (nSPS) is 14.6. The highest BCUT2D eigenvalue weighted by Gasteiger charge is 2.25. The summed E-state index contributed by atoms with van der Waals surface area (Å²) in [5, 5.41) is 11.4. The summed E-state index contributed by atoms with van der Waals surface area (Å²) in [5.74, 6) is 0.134. The number of aliphatic hydroxyl groups excluding tert-OH is 1. The summed E-state index contributed by atoms with van der Waals surface area (Å²) < 4.78 is 16.9. The van der Waals surface area contributed by atoms with Gasteiger partial charge in [-0.15, -0.1) is 0 Å². The molecule has 0 radical (unpaired) electrons. The van der Waals surface area contributed by atoms with Gasteiger partial charge >= 0.3 is 12.1 Å². The molecule has 0 saturated heterocycles. The lowest BCUT2D eigenvalue weighted by molar-refractivity contribution is 0.0147. The third-order valence-electron chi connectivity index (χ3n) is 7.47. The first kappa shape index (κ1) is 32.4. The lowest BCUT2D eigenvalue weighted by Gasteiger charge is -2.29. The summed E-state index contributed by atoms with van der Waals surface area (Å²) >= 11 is 6.11. The number of halogens is 1. The Morgan fingerprint density at radius 3 is 2.33 bits per heavy atom. The van der Waals surface area contributed by atoms with Crippen molar-refractivity contribution in [3.63, 3.8) is 0 Å². The van der Waals surface area contributed by atoms with E-state index in [1.165, 1.54) is 18.4 Å². The van der Waals surface area contributed by atoms with E-state index in [1.54, 1.807) is 30.3 Å². The molecule has 8 heteroatoms. The van der Waals surface area contributed by atoms with E-state index >= 15 is 0 Å². The van der Waals surface area contributed by atoms with Gasteiger partial charge in [0.25, 0.3) is 0 Å². The Morgan fingerprint density at radius 1 is 0.977 bits per heavy atom. The van der Waals surface area contributed by atoms with E-state index in [4.69, 9.17) is 25.8 Å². The predicted molar refractivity (Wildman–Crippen MR) is 169 cm³/mol. The number of hydrogen-bond acceptors (Lipinski definition) is 6. The number of carbonyl (C=O) groups excluding carboxylic acids is 2. The smallest absolute Gasteiger partial charge is 0.410 e. The second kappa shape index (κ2) is 14.8. The van der Waals surface area contributed by atoms with Crippen LogP contribution in [0.15, 0.2) is 66.7 Å². The molecular formula is C35H42ClNO6. The standard InChI is InChI=1S/C35H42ClNO6/c1-35(2,3)43-34(40)37(23-31(38)27-9-8-10-28(36)21-27)20-19-24-13-15-25(16-14-24)26-17-18-30(33(39)41-4)32(22-26)42-29-11-6-5-7-12-29/h8-10,13-18,21-22,29,31,38H,5-7,11-12,19-20,23H2,1-4H3/t31-/m1/s1. The van der Waals surface area contributed by atoms with Crippen molar-refractivity contribution in [3.8, 4) is 16.9 Å². The number of hydrogen-bond donors (Lipinski definition) is 1. The van der Waals surface area contributed by atoms with Gasteiger partial charge in [-0.05, 0) is 99.4 Å². The summed E-state index contributed by atoms with van der Waals surface area (Å²) in [6.45, 7) is 5.89. The molecule has 1 fully saturated rings. The highest BCUT2D eigenvalue weighted by molar-refractivity contribution is 6.30. The molecular weight excluding hydrogens is 566 g/mol. The van der Waals surface area contributed by atoms with Gasteiger partial charge in [0.15, 0.2) is 0 Å². The predicted octanol–water partition coefficient (Wildman–Crippen LogP) is 8.02. The van der Waals surface area contributed by atoms with Crippen LogP contribution in [-0.2, 0) is 15.9 Å². The van der Waals surface area contributed by atoms with Crippen molar-refractivity contribution in [2.75, 3.05) is 20.2 Å². The summed E-state index contributed by atoms with van der Waals surface area (Å²) in [6, 6.07) is 20.6. The molecule has 1 saturated carbocycles. The van der Waals surface area contributed by atoms with Crippen molar-refractivity contribution in [1.29, 1.82) is 0 Å². The fourth-order valence-electron chi connectivity index (χ4n) is 5.18. The molecule has 0 aromatic heterocycles. The van der Waals surface area contributed by atoms with Crippen LogP contribution in [0.25, 0.3) is 11.1 Å². The number of benzene rings is 3. The quantitative estimate of drug-likeness (QED) is 0.235. The molecule has 1 atom stereocenters. The summed E-state index contributed by atoms with van der Waals surface area (Å²) in [5.41, 5.74) is 3.34. The third-order valence-corrected chi connectivity index (χ3v) is 7.70. The molecule has 3 aromatic rings. The van der Waals surface area contributed by atoms with Gasteiger partial charge in [-0.1, -0.05) is 60.5 Å². The van der Waals surface area contributed by atoms with Crippen molar-refractivity contribution < 1.29 is 28.9 Å². The summed E-state index contributed by atoms with van der Waals surface area (Å²) in [7, 11) is 1.38. The van der Waals surface area contributed by atoms with Crippen LogP contribution in [0.4, 0.5) is 4.79 Å². The maximum atomic E-state index is 13.0. The molecule has 3 aromatic carbocycles. The van der Waals surface area contributed by atoms with E-state index < -0.39 is 23.8 Å². The van der Waals surface area contributed by atoms with Crippen LogP contribution >= 0.6 is 11.6 Å². The minimum absolute atomic E-state index is 0.0731. The number of amides is 1. The van der Waals surface area contributed by atoms with Crippen molar-refractivity contribution in [2.45, 2.75) is 77.1 Å². The van der Waals surface area contributed by atoms with Crippen LogP contribution in [0.5, 0.6) is 5.75 Å². The van der Waals surface area contributed by atoms with Crippen LogP contribution in [0.2, 0.25) is 5.02 Å². The van der Waals surface area contributed by atoms with Gasteiger partial charge in [0.05, 0.1) is 25.9 Å². The zero-order chi connectivity index (χ0) is 31.0. The maximum Gasteiger partial charge on any atom is 0.410 e. The average Bonchev–Trinajstić information content (AvgIpc) is 2.98. The van der Waals surface area contributed by atoms with E-state index in [9.17, 15) is 14.7 Å². The fraction of sp³-hybridized carbons (Fsp3) is 0.429. The van der Waals surface area contributed by atoms with Crippen LogP contribution in [0.3, 0.4) is 0 Å². The Labute approximate surface area is 259 Å². The second-order valence-electron chi connectivity index (χ2n) is 12.0. The monoisotopic (exact) mass is 607 g/mol. The topological polar surface area (TPSA) is 85.3 Å². The minimum atomic E-state index is -0.911. The molecule has 43 heavy (non-hydrogen) atoms. The first-order valence-corrected chi connectivity index (χ1v) is 15.3. The lowest BCUT2D eigenvalue weighted by Crippen LogP contribution is -2.40. The Hall–Kier alpha value is -3.55. The Bertz CT molecular complexity index is 1380. The Morgan fingerprint density at radius 2 is 1.67 bits per heavy atom. The van der Waals surface area contributed by atoms with Crippen molar-refractivity contribution >= 4 is 23.7 Å². The number of aliphatic hydroxyl groups is 1. The van der Waals surface area contributed by atoms with Gasteiger partial charge in [-0.25, -0.2) is 9.59 Å². The molecule has 0 spiro atoms.